The zero-order valence-electron chi connectivity index (χ0n) is 35.0. The molecule has 2 aromatic carbocycles. The summed E-state index contributed by atoms with van der Waals surface area (Å²) in [5, 5.41) is 0. The average molecular weight is 789 g/mol. The van der Waals surface area contributed by atoms with Gasteiger partial charge in [-0.2, -0.15) is 17.6 Å². The van der Waals surface area contributed by atoms with Gasteiger partial charge in [-0.3, -0.25) is 0 Å². The van der Waals surface area contributed by atoms with Crippen LogP contribution in [0.1, 0.15) is 156 Å². The lowest BCUT2D eigenvalue weighted by Crippen LogP contribution is -2.27. The second kappa shape index (κ2) is 23.1. The molecule has 6 rings (SSSR count). The van der Waals surface area contributed by atoms with Crippen molar-refractivity contribution in [1.29, 1.82) is 0 Å². The molecule has 0 unspecified atom stereocenters. The largest absolute Gasteiger partial charge is 0.491 e. The molecular formula is C48H72F4O4. The van der Waals surface area contributed by atoms with Crippen molar-refractivity contribution in [3.05, 3.63) is 47.5 Å². The Kier molecular flexibility index (Phi) is 18.3. The molecule has 0 N–H and O–H groups in total. The second-order valence-electron chi connectivity index (χ2n) is 17.6. The topological polar surface area (TPSA) is 36.9 Å². The summed E-state index contributed by atoms with van der Waals surface area (Å²) in [4.78, 5) is 0. The molecule has 0 atom stereocenters. The minimum absolute atomic E-state index is 0.00374. The Labute approximate surface area is 336 Å². The summed E-state index contributed by atoms with van der Waals surface area (Å²) in [6.45, 7) is 10.1. The van der Waals surface area contributed by atoms with Crippen LogP contribution in [0.25, 0.3) is 0 Å². The van der Waals surface area contributed by atoms with Crippen molar-refractivity contribution in [1.82, 2.24) is 0 Å². The highest BCUT2D eigenvalue weighted by Gasteiger charge is 2.32. The molecule has 0 heterocycles. The summed E-state index contributed by atoms with van der Waals surface area (Å²) in [6, 6.07) is 5.90. The van der Waals surface area contributed by atoms with Gasteiger partial charge < -0.3 is 18.9 Å². The van der Waals surface area contributed by atoms with Gasteiger partial charge in [-0.1, -0.05) is 65.7 Å². The molecule has 0 saturated heterocycles. The van der Waals surface area contributed by atoms with E-state index in [9.17, 15) is 17.6 Å². The quantitative estimate of drug-likeness (QED) is 0.125. The van der Waals surface area contributed by atoms with Crippen molar-refractivity contribution in [3.63, 3.8) is 0 Å². The number of rotatable bonds is 16. The van der Waals surface area contributed by atoms with E-state index in [-0.39, 0.29) is 23.0 Å². The van der Waals surface area contributed by atoms with Gasteiger partial charge in [0.15, 0.2) is 23.0 Å². The maximum Gasteiger partial charge on any atom is 0.204 e. The standard InChI is InChI=1S/C25H38F2O2.C23H34F2O2/c1-3-5-16-28-22-14-15-23(25(27)24(22)26)29-17-19-8-12-21(13-9-19)20-10-6-18(4-2)7-11-20;1-3-16-5-9-18(10-6-16)19-11-7-17(8-12-19)15-27-21-14-13-20(26-4-2)22(24)23(21)25/h14-15,18-21H,3-13,16-17H2,1-2H3;13-14,16-19H,3-12,15H2,1-2H3. The maximum absolute atomic E-state index is 14.3. The Morgan fingerprint density at radius 3 is 1.02 bits per heavy atom. The van der Waals surface area contributed by atoms with E-state index in [1.807, 2.05) is 6.92 Å². The minimum Gasteiger partial charge on any atom is -0.491 e. The molecule has 4 nitrogen and oxygen atoms in total. The van der Waals surface area contributed by atoms with E-state index in [1.54, 1.807) is 6.92 Å². The van der Waals surface area contributed by atoms with Gasteiger partial charge in [0.05, 0.1) is 26.4 Å². The molecule has 0 radical (unpaired) electrons. The normalized spacial score (nSPS) is 28.1. The van der Waals surface area contributed by atoms with Crippen molar-refractivity contribution >= 4 is 0 Å². The Balaban J connectivity index is 0.000000215. The zero-order valence-corrected chi connectivity index (χ0v) is 35.0. The Bertz CT molecular complexity index is 1420. The van der Waals surface area contributed by atoms with Crippen LogP contribution in [0.2, 0.25) is 0 Å². The molecule has 2 aromatic rings. The van der Waals surface area contributed by atoms with Crippen LogP contribution in [0.15, 0.2) is 24.3 Å². The number of hydrogen-bond donors (Lipinski definition) is 0. The summed E-state index contributed by atoms with van der Waals surface area (Å²) < 4.78 is 78.3. The predicted octanol–water partition coefficient (Wildman–Crippen LogP) is 14.3. The highest BCUT2D eigenvalue weighted by Crippen LogP contribution is 2.44. The maximum atomic E-state index is 14.3. The van der Waals surface area contributed by atoms with Crippen LogP contribution in [-0.4, -0.2) is 26.4 Å². The lowest BCUT2D eigenvalue weighted by molar-refractivity contribution is 0.121. The number of hydrogen-bond acceptors (Lipinski definition) is 4. The van der Waals surface area contributed by atoms with E-state index in [1.165, 1.54) is 114 Å². The summed E-state index contributed by atoms with van der Waals surface area (Å²) in [7, 11) is 0. The third kappa shape index (κ3) is 12.7. The number of ether oxygens (including phenoxy) is 4. The fourth-order valence-corrected chi connectivity index (χ4v) is 10.2. The number of unbranched alkanes of at least 4 members (excludes halogenated alkanes) is 1. The molecule has 56 heavy (non-hydrogen) atoms. The summed E-state index contributed by atoms with van der Waals surface area (Å²) in [5.74, 6) is 2.49. The van der Waals surface area contributed by atoms with Gasteiger partial charge in [0.2, 0.25) is 23.3 Å². The molecule has 4 fully saturated rings. The second-order valence-corrected chi connectivity index (χ2v) is 17.6. The Hall–Kier alpha value is -2.64. The predicted molar refractivity (Wildman–Crippen MR) is 218 cm³/mol. The van der Waals surface area contributed by atoms with E-state index in [2.05, 4.69) is 13.8 Å². The molecule has 0 amide bonds. The highest BCUT2D eigenvalue weighted by atomic mass is 19.2. The van der Waals surface area contributed by atoms with E-state index in [0.717, 1.165) is 74.0 Å². The third-order valence-corrected chi connectivity index (χ3v) is 14.1. The first-order valence-corrected chi connectivity index (χ1v) is 22.7. The number of benzene rings is 2. The summed E-state index contributed by atoms with van der Waals surface area (Å²) in [5.41, 5.74) is 0. The molecule has 0 aromatic heterocycles. The first kappa shape index (κ1) is 44.5. The van der Waals surface area contributed by atoms with Gasteiger partial charge >= 0.3 is 0 Å². The molecular weight excluding hydrogens is 717 g/mol. The summed E-state index contributed by atoms with van der Waals surface area (Å²) >= 11 is 0. The fourth-order valence-electron chi connectivity index (χ4n) is 10.2. The average Bonchev–Trinajstić information content (AvgIpc) is 3.24. The molecule has 316 valence electrons. The third-order valence-electron chi connectivity index (χ3n) is 14.1. The van der Waals surface area contributed by atoms with E-state index >= 15 is 0 Å². The van der Waals surface area contributed by atoms with Crippen LogP contribution < -0.4 is 18.9 Å². The van der Waals surface area contributed by atoms with Crippen molar-refractivity contribution in [2.75, 3.05) is 26.4 Å². The lowest BCUT2D eigenvalue weighted by Gasteiger charge is -2.37. The highest BCUT2D eigenvalue weighted by molar-refractivity contribution is 5.36. The van der Waals surface area contributed by atoms with Crippen LogP contribution in [0.5, 0.6) is 23.0 Å². The smallest absolute Gasteiger partial charge is 0.204 e. The Morgan fingerprint density at radius 2 is 0.714 bits per heavy atom. The first-order valence-electron chi connectivity index (χ1n) is 22.7. The van der Waals surface area contributed by atoms with E-state index < -0.39 is 23.3 Å². The molecule has 0 bridgehead atoms. The minimum atomic E-state index is -0.958. The van der Waals surface area contributed by atoms with Crippen LogP contribution in [0.3, 0.4) is 0 Å². The van der Waals surface area contributed by atoms with Crippen molar-refractivity contribution in [2.24, 2.45) is 47.3 Å². The van der Waals surface area contributed by atoms with E-state index in [4.69, 9.17) is 18.9 Å². The van der Waals surface area contributed by atoms with Gasteiger partial charge in [-0.15, -0.1) is 0 Å². The van der Waals surface area contributed by atoms with Gasteiger partial charge in [0.1, 0.15) is 0 Å². The van der Waals surface area contributed by atoms with Crippen molar-refractivity contribution < 1.29 is 36.5 Å². The van der Waals surface area contributed by atoms with Crippen LogP contribution >= 0.6 is 0 Å². The first-order chi connectivity index (χ1) is 27.2. The van der Waals surface area contributed by atoms with Gasteiger partial charge in [-0.05, 0) is 162 Å². The molecule has 0 aliphatic heterocycles. The van der Waals surface area contributed by atoms with Gasteiger partial charge in [0.25, 0.3) is 0 Å². The van der Waals surface area contributed by atoms with Gasteiger partial charge in [0, 0.05) is 0 Å². The Morgan fingerprint density at radius 1 is 0.411 bits per heavy atom. The molecule has 8 heteroatoms. The summed E-state index contributed by atoms with van der Waals surface area (Å²) in [6.07, 6.45) is 25.3. The van der Waals surface area contributed by atoms with Crippen molar-refractivity contribution in [2.45, 2.75) is 156 Å². The molecule has 4 saturated carbocycles. The van der Waals surface area contributed by atoms with E-state index in [0.29, 0.717) is 38.3 Å². The zero-order chi connectivity index (χ0) is 39.9. The van der Waals surface area contributed by atoms with Crippen LogP contribution in [0.4, 0.5) is 17.6 Å². The monoisotopic (exact) mass is 789 g/mol. The molecule has 4 aliphatic rings. The fraction of sp³-hybridized carbons (Fsp3) is 0.750. The lowest BCUT2D eigenvalue weighted by atomic mass is 9.69. The van der Waals surface area contributed by atoms with Crippen molar-refractivity contribution in [3.8, 4) is 23.0 Å². The molecule has 4 aliphatic carbocycles. The van der Waals surface area contributed by atoms with Gasteiger partial charge in [-0.25, -0.2) is 0 Å². The molecule has 0 spiro atoms. The van der Waals surface area contributed by atoms with Crippen LogP contribution in [0, 0.1) is 70.6 Å². The SMILES string of the molecule is CCCCOc1ccc(OCC2CCC(C3CCC(CC)CC3)CC2)c(F)c1F.CCOc1ccc(OCC2CCC(C3CCC(CC)CC3)CC2)c(F)c1F. The number of halogens is 4. The van der Waals surface area contributed by atoms with Crippen LogP contribution in [-0.2, 0) is 0 Å².